The highest BCUT2D eigenvalue weighted by Gasteiger charge is 2.30. The molecule has 2 aromatic carbocycles. The van der Waals surface area contributed by atoms with Crippen LogP contribution in [0, 0.1) is 0 Å². The van der Waals surface area contributed by atoms with Crippen molar-refractivity contribution >= 4 is 22.9 Å². The summed E-state index contributed by atoms with van der Waals surface area (Å²) < 4.78 is 20.8. The van der Waals surface area contributed by atoms with E-state index >= 15 is 0 Å². The van der Waals surface area contributed by atoms with Crippen LogP contribution in [0.1, 0.15) is 70.4 Å². The van der Waals surface area contributed by atoms with Gasteiger partial charge in [0, 0.05) is 75.2 Å². The van der Waals surface area contributed by atoms with Crippen molar-refractivity contribution in [2.75, 3.05) is 52.2 Å². The molecule has 0 saturated heterocycles. The van der Waals surface area contributed by atoms with E-state index in [2.05, 4.69) is 10.6 Å². The van der Waals surface area contributed by atoms with Gasteiger partial charge in [0.25, 0.3) is 0 Å². The van der Waals surface area contributed by atoms with Crippen LogP contribution in [0.2, 0.25) is 0 Å². The molecule has 36 heavy (non-hydrogen) atoms. The maximum Gasteiger partial charge on any atom is 0.194 e. The third-order valence-corrected chi connectivity index (χ3v) is 6.46. The minimum absolute atomic E-state index is 0.122. The number of fused-ring (bicyclic) bond motifs is 2. The van der Waals surface area contributed by atoms with E-state index in [9.17, 15) is 9.59 Å². The number of unbranched alkanes of at least 4 members (excludes halogenated alkanes) is 2. The van der Waals surface area contributed by atoms with Crippen molar-refractivity contribution in [1.29, 1.82) is 0 Å². The van der Waals surface area contributed by atoms with Gasteiger partial charge in [0.05, 0.1) is 0 Å². The molecule has 0 saturated carbocycles. The number of hydrogen-bond acceptors (Lipinski definition) is 8. The highest BCUT2D eigenvalue weighted by Crippen LogP contribution is 2.31. The van der Waals surface area contributed by atoms with Gasteiger partial charge in [-0.05, 0) is 74.9 Å². The summed E-state index contributed by atoms with van der Waals surface area (Å²) in [7, 11) is 6.54. The lowest BCUT2D eigenvalue weighted by Gasteiger charge is -2.20. The van der Waals surface area contributed by atoms with E-state index in [0.717, 1.165) is 63.0 Å². The van der Waals surface area contributed by atoms with Crippen LogP contribution in [0.15, 0.2) is 36.4 Å². The van der Waals surface area contributed by atoms with E-state index < -0.39 is 0 Å². The number of nitrogens with one attached hydrogen (secondary N) is 2. The Bertz CT molecular complexity index is 936. The van der Waals surface area contributed by atoms with Crippen LogP contribution in [0.3, 0.4) is 0 Å². The number of carbonyl (C=O) groups excluding carboxylic acids is 2. The van der Waals surface area contributed by atoms with Crippen molar-refractivity contribution in [1.82, 2.24) is 0 Å². The molecule has 0 radical (unpaired) electrons. The summed E-state index contributed by atoms with van der Waals surface area (Å²) in [5.41, 5.74) is 3.45. The molecule has 0 atom stereocenters. The molecule has 0 heterocycles. The smallest absolute Gasteiger partial charge is 0.194 e. The van der Waals surface area contributed by atoms with Crippen LogP contribution in [0.25, 0.3) is 0 Å². The standard InChI is InChI=1S/C28H38N2O6/c1-33-25(34-2)9-5-7-15-29-19-11-13-21-23(17-19)27(31)22-14-12-20(18-24(22)28(21)32)30-16-8-6-10-26(35-3)36-4/h11-14,17-18,25-26,29-30H,5-10,15-16H2,1-4H3. The molecule has 2 aromatic rings. The first kappa shape index (κ1) is 27.8. The maximum atomic E-state index is 13.2. The zero-order valence-electron chi connectivity index (χ0n) is 21.7. The molecule has 196 valence electrons. The zero-order chi connectivity index (χ0) is 25.9. The summed E-state index contributed by atoms with van der Waals surface area (Å²) in [6, 6.07) is 10.8. The number of rotatable bonds is 16. The molecule has 1 aliphatic carbocycles. The second-order valence-corrected chi connectivity index (χ2v) is 8.83. The van der Waals surface area contributed by atoms with Crippen LogP contribution in [0.5, 0.6) is 0 Å². The van der Waals surface area contributed by atoms with E-state index in [1.807, 2.05) is 12.1 Å². The van der Waals surface area contributed by atoms with Crippen LogP contribution in [-0.4, -0.2) is 65.7 Å². The molecule has 1 aliphatic rings. The van der Waals surface area contributed by atoms with Gasteiger partial charge >= 0.3 is 0 Å². The van der Waals surface area contributed by atoms with E-state index in [4.69, 9.17) is 18.9 Å². The van der Waals surface area contributed by atoms with E-state index in [0.29, 0.717) is 22.3 Å². The van der Waals surface area contributed by atoms with Gasteiger partial charge in [-0.1, -0.05) is 0 Å². The topological polar surface area (TPSA) is 95.1 Å². The Balaban J connectivity index is 1.56. The molecule has 3 rings (SSSR count). The number of benzene rings is 2. The Labute approximate surface area is 213 Å². The van der Waals surface area contributed by atoms with E-state index in [-0.39, 0.29) is 24.1 Å². The van der Waals surface area contributed by atoms with Gasteiger partial charge in [-0.3, -0.25) is 9.59 Å². The number of carbonyl (C=O) groups is 2. The minimum atomic E-state index is -0.183. The van der Waals surface area contributed by atoms with Gasteiger partial charge in [0.2, 0.25) is 0 Å². The quantitative estimate of drug-likeness (QED) is 0.213. The predicted molar refractivity (Wildman–Crippen MR) is 140 cm³/mol. The molecule has 8 nitrogen and oxygen atoms in total. The first-order valence-corrected chi connectivity index (χ1v) is 12.5. The summed E-state index contributed by atoms with van der Waals surface area (Å²) in [6.45, 7) is 1.51. The molecule has 0 aliphatic heterocycles. The molecule has 8 heteroatoms. The number of ether oxygens (including phenoxy) is 4. The van der Waals surface area contributed by atoms with E-state index in [1.54, 1.807) is 52.7 Å². The van der Waals surface area contributed by atoms with Crippen LogP contribution >= 0.6 is 0 Å². The first-order chi connectivity index (χ1) is 17.5. The fraction of sp³-hybridized carbons (Fsp3) is 0.500. The molecule has 2 N–H and O–H groups in total. The summed E-state index contributed by atoms with van der Waals surface area (Å²) in [5.74, 6) is -0.244. The van der Waals surface area contributed by atoms with Gasteiger partial charge in [0.15, 0.2) is 24.1 Å². The van der Waals surface area contributed by atoms with Crippen molar-refractivity contribution in [2.24, 2.45) is 0 Å². The Morgan fingerprint density at radius 3 is 1.33 bits per heavy atom. The average molecular weight is 499 g/mol. The van der Waals surface area contributed by atoms with Gasteiger partial charge in [0.1, 0.15) is 0 Å². The van der Waals surface area contributed by atoms with Crippen LogP contribution < -0.4 is 10.6 Å². The first-order valence-electron chi connectivity index (χ1n) is 12.5. The molecule has 0 aromatic heterocycles. The number of ketones is 2. The summed E-state index contributed by atoms with van der Waals surface area (Å²) in [5, 5.41) is 6.70. The fourth-order valence-corrected chi connectivity index (χ4v) is 4.37. The van der Waals surface area contributed by atoms with Gasteiger partial charge in [-0.2, -0.15) is 0 Å². The number of anilines is 2. The largest absolute Gasteiger partial charge is 0.385 e. The fourth-order valence-electron chi connectivity index (χ4n) is 4.37. The minimum Gasteiger partial charge on any atom is -0.385 e. The summed E-state index contributed by atoms with van der Waals surface area (Å²) in [4.78, 5) is 26.4. The lowest BCUT2D eigenvalue weighted by molar-refractivity contribution is -0.107. The summed E-state index contributed by atoms with van der Waals surface area (Å²) in [6.07, 6.45) is 5.05. The molecule has 0 spiro atoms. The molecule has 0 bridgehead atoms. The monoisotopic (exact) mass is 498 g/mol. The van der Waals surface area contributed by atoms with Crippen molar-refractivity contribution in [2.45, 2.75) is 51.1 Å². The van der Waals surface area contributed by atoms with Crippen molar-refractivity contribution in [3.05, 3.63) is 58.7 Å². The van der Waals surface area contributed by atoms with Gasteiger partial charge < -0.3 is 29.6 Å². The normalized spacial score (nSPS) is 12.7. The van der Waals surface area contributed by atoms with Gasteiger partial charge in [-0.15, -0.1) is 0 Å². The lowest BCUT2D eigenvalue weighted by atomic mass is 9.83. The molecular weight excluding hydrogens is 460 g/mol. The second-order valence-electron chi connectivity index (χ2n) is 8.83. The third kappa shape index (κ3) is 7.13. The average Bonchev–Trinajstić information content (AvgIpc) is 2.91. The second kappa shape index (κ2) is 14.1. The van der Waals surface area contributed by atoms with Crippen LogP contribution in [0.4, 0.5) is 11.4 Å². The molecule has 0 fully saturated rings. The Morgan fingerprint density at radius 1 is 0.583 bits per heavy atom. The van der Waals surface area contributed by atoms with E-state index in [1.165, 1.54) is 0 Å². The predicted octanol–water partition coefficient (Wildman–Crippen LogP) is 4.86. The summed E-state index contributed by atoms with van der Waals surface area (Å²) >= 11 is 0. The van der Waals surface area contributed by atoms with Crippen molar-refractivity contribution in [3.8, 4) is 0 Å². The number of hydrogen-bond donors (Lipinski definition) is 2. The lowest BCUT2D eigenvalue weighted by Crippen LogP contribution is -2.21. The molecule has 0 unspecified atom stereocenters. The van der Waals surface area contributed by atoms with Crippen LogP contribution in [-0.2, 0) is 18.9 Å². The number of methoxy groups -OCH3 is 4. The Hall–Kier alpha value is -2.78. The molecule has 0 amide bonds. The Kier molecular flexibility index (Phi) is 10.9. The zero-order valence-corrected chi connectivity index (χ0v) is 21.7. The SMILES string of the molecule is COC(CCCCNc1ccc2c(c1)C(=O)c1ccc(NCCCCC(OC)OC)cc1C2=O)OC. The van der Waals surface area contributed by atoms with Gasteiger partial charge in [-0.25, -0.2) is 0 Å². The Morgan fingerprint density at radius 2 is 0.972 bits per heavy atom. The molecular formula is C28H38N2O6. The third-order valence-electron chi connectivity index (χ3n) is 6.46. The van der Waals surface area contributed by atoms with Crippen molar-refractivity contribution in [3.63, 3.8) is 0 Å². The highest BCUT2D eigenvalue weighted by atomic mass is 16.7. The maximum absolute atomic E-state index is 13.2. The highest BCUT2D eigenvalue weighted by molar-refractivity contribution is 6.28. The van der Waals surface area contributed by atoms with Crippen molar-refractivity contribution < 1.29 is 28.5 Å².